The first-order valence-electron chi connectivity index (χ1n) is 7.64. The topological polar surface area (TPSA) is 59.1 Å². The summed E-state index contributed by atoms with van der Waals surface area (Å²) in [5.41, 5.74) is 8.41. The van der Waals surface area contributed by atoms with Crippen LogP contribution in [0, 0.1) is 19.3 Å². The Bertz CT molecular complexity index is 418. The fraction of sp³-hybridized carbons (Fsp3) is 0.588. The van der Waals surface area contributed by atoms with E-state index in [4.69, 9.17) is 15.9 Å². The van der Waals surface area contributed by atoms with E-state index in [-0.39, 0.29) is 5.84 Å². The summed E-state index contributed by atoms with van der Waals surface area (Å²) in [6.07, 6.45) is 7.62. The Labute approximate surface area is 123 Å². The van der Waals surface area contributed by atoms with Crippen molar-refractivity contribution in [3.8, 4) is 5.75 Å². The van der Waals surface area contributed by atoms with Gasteiger partial charge in [-0.1, -0.05) is 39.0 Å². The fourth-order valence-corrected chi connectivity index (χ4v) is 2.39. The molecule has 0 saturated heterocycles. The van der Waals surface area contributed by atoms with Crippen molar-refractivity contribution < 1.29 is 4.74 Å². The quantitative estimate of drug-likeness (QED) is 0.401. The molecule has 0 bridgehead atoms. The van der Waals surface area contributed by atoms with Gasteiger partial charge in [-0.2, -0.15) is 0 Å². The second-order valence-corrected chi connectivity index (χ2v) is 5.47. The van der Waals surface area contributed by atoms with Gasteiger partial charge in [0.25, 0.3) is 0 Å². The molecule has 0 unspecified atom stereocenters. The van der Waals surface area contributed by atoms with Crippen LogP contribution in [0.4, 0.5) is 0 Å². The number of nitrogens with one attached hydrogen (secondary N) is 1. The molecule has 0 saturated carbocycles. The normalized spacial score (nSPS) is 10.6. The van der Waals surface area contributed by atoms with Crippen molar-refractivity contribution in [3.05, 3.63) is 28.8 Å². The molecule has 0 heterocycles. The van der Waals surface area contributed by atoms with E-state index in [0.717, 1.165) is 35.5 Å². The van der Waals surface area contributed by atoms with Gasteiger partial charge < -0.3 is 10.5 Å². The second-order valence-electron chi connectivity index (χ2n) is 5.47. The van der Waals surface area contributed by atoms with Crippen LogP contribution in [0.15, 0.2) is 12.1 Å². The number of rotatable bonds is 9. The van der Waals surface area contributed by atoms with Gasteiger partial charge in [0.2, 0.25) is 0 Å². The van der Waals surface area contributed by atoms with Gasteiger partial charge in [-0.25, -0.2) is 0 Å². The molecule has 3 nitrogen and oxygen atoms in total. The van der Waals surface area contributed by atoms with Crippen molar-refractivity contribution in [2.75, 3.05) is 6.61 Å². The molecule has 1 aromatic carbocycles. The molecular formula is C17H28N2O. The predicted octanol–water partition coefficient (Wildman–Crippen LogP) is 4.33. The SMILES string of the molecule is CCCCCCCCOc1c(C)cc(C(=N)N)cc1C. The van der Waals surface area contributed by atoms with Gasteiger partial charge in [-0.3, -0.25) is 5.41 Å². The summed E-state index contributed by atoms with van der Waals surface area (Å²) in [5.74, 6) is 1.06. The Morgan fingerprint density at radius 1 is 1.05 bits per heavy atom. The Balaban J connectivity index is 2.42. The third-order valence-corrected chi connectivity index (χ3v) is 3.52. The average molecular weight is 276 g/mol. The van der Waals surface area contributed by atoms with Crippen LogP contribution < -0.4 is 10.5 Å². The van der Waals surface area contributed by atoms with Crippen molar-refractivity contribution in [1.29, 1.82) is 5.41 Å². The Hall–Kier alpha value is -1.51. The predicted molar refractivity (Wildman–Crippen MR) is 85.8 cm³/mol. The maximum Gasteiger partial charge on any atom is 0.125 e. The van der Waals surface area contributed by atoms with E-state index in [2.05, 4.69) is 6.92 Å². The van der Waals surface area contributed by atoms with Crippen molar-refractivity contribution in [2.45, 2.75) is 59.3 Å². The number of nitrogen functional groups attached to an aromatic ring is 1. The lowest BCUT2D eigenvalue weighted by Crippen LogP contribution is -2.12. The largest absolute Gasteiger partial charge is 0.493 e. The highest BCUT2D eigenvalue weighted by Crippen LogP contribution is 2.25. The molecule has 1 aromatic rings. The molecule has 20 heavy (non-hydrogen) atoms. The summed E-state index contributed by atoms with van der Waals surface area (Å²) in [4.78, 5) is 0. The van der Waals surface area contributed by atoms with E-state index in [1.54, 1.807) is 0 Å². The number of nitrogens with two attached hydrogens (primary N) is 1. The van der Waals surface area contributed by atoms with Gasteiger partial charge in [0.1, 0.15) is 11.6 Å². The smallest absolute Gasteiger partial charge is 0.125 e. The Morgan fingerprint density at radius 3 is 2.15 bits per heavy atom. The van der Waals surface area contributed by atoms with Gasteiger partial charge in [0.05, 0.1) is 6.61 Å². The van der Waals surface area contributed by atoms with Gasteiger partial charge in [-0.05, 0) is 43.5 Å². The summed E-state index contributed by atoms with van der Waals surface area (Å²) in [6, 6.07) is 3.85. The summed E-state index contributed by atoms with van der Waals surface area (Å²) < 4.78 is 5.90. The van der Waals surface area contributed by atoms with Crippen LogP contribution in [0.2, 0.25) is 0 Å². The van der Waals surface area contributed by atoms with E-state index in [1.807, 2.05) is 26.0 Å². The molecule has 0 fully saturated rings. The minimum absolute atomic E-state index is 0.110. The molecule has 0 spiro atoms. The fourth-order valence-electron chi connectivity index (χ4n) is 2.39. The Kier molecular flexibility index (Phi) is 7.13. The van der Waals surface area contributed by atoms with Crippen LogP contribution in [0.5, 0.6) is 5.75 Å². The van der Waals surface area contributed by atoms with E-state index >= 15 is 0 Å². The minimum Gasteiger partial charge on any atom is -0.493 e. The average Bonchev–Trinajstić information content (AvgIpc) is 2.40. The van der Waals surface area contributed by atoms with E-state index in [1.165, 1.54) is 32.1 Å². The van der Waals surface area contributed by atoms with Gasteiger partial charge >= 0.3 is 0 Å². The highest BCUT2D eigenvalue weighted by atomic mass is 16.5. The highest BCUT2D eigenvalue weighted by molar-refractivity contribution is 5.95. The summed E-state index contributed by atoms with van der Waals surface area (Å²) in [5, 5.41) is 7.48. The summed E-state index contributed by atoms with van der Waals surface area (Å²) in [7, 11) is 0. The van der Waals surface area contributed by atoms with Crippen molar-refractivity contribution in [2.24, 2.45) is 5.73 Å². The molecule has 112 valence electrons. The lowest BCUT2D eigenvalue weighted by Gasteiger charge is -2.13. The molecular weight excluding hydrogens is 248 g/mol. The maximum absolute atomic E-state index is 7.48. The third kappa shape index (κ3) is 5.24. The summed E-state index contributed by atoms with van der Waals surface area (Å²) in [6.45, 7) is 7.03. The molecule has 0 atom stereocenters. The molecule has 3 heteroatoms. The number of hydrogen-bond donors (Lipinski definition) is 2. The molecule has 0 amide bonds. The zero-order valence-corrected chi connectivity index (χ0v) is 13.1. The van der Waals surface area contributed by atoms with Gasteiger partial charge in [-0.15, -0.1) is 0 Å². The van der Waals surface area contributed by atoms with Gasteiger partial charge in [0, 0.05) is 5.56 Å². The number of amidine groups is 1. The molecule has 0 radical (unpaired) electrons. The first kappa shape index (κ1) is 16.5. The summed E-state index contributed by atoms with van der Waals surface area (Å²) >= 11 is 0. The minimum atomic E-state index is 0.110. The zero-order chi connectivity index (χ0) is 15.0. The molecule has 1 rings (SSSR count). The van der Waals surface area contributed by atoms with E-state index in [9.17, 15) is 0 Å². The van der Waals surface area contributed by atoms with Crippen LogP contribution in [0.3, 0.4) is 0 Å². The van der Waals surface area contributed by atoms with Crippen molar-refractivity contribution >= 4 is 5.84 Å². The van der Waals surface area contributed by atoms with E-state index in [0.29, 0.717) is 0 Å². The standard InChI is InChI=1S/C17H28N2O/c1-4-5-6-7-8-9-10-20-16-13(2)11-15(17(18)19)12-14(16)3/h11-12H,4-10H2,1-3H3,(H3,18,19). The molecule has 0 aliphatic carbocycles. The first-order valence-corrected chi connectivity index (χ1v) is 7.64. The highest BCUT2D eigenvalue weighted by Gasteiger charge is 2.07. The molecule has 0 aromatic heterocycles. The van der Waals surface area contributed by atoms with Crippen LogP contribution >= 0.6 is 0 Å². The first-order chi connectivity index (χ1) is 9.56. The van der Waals surface area contributed by atoms with Crippen molar-refractivity contribution in [3.63, 3.8) is 0 Å². The number of unbranched alkanes of at least 4 members (excludes halogenated alkanes) is 5. The lowest BCUT2D eigenvalue weighted by molar-refractivity contribution is 0.300. The van der Waals surface area contributed by atoms with Crippen molar-refractivity contribution in [1.82, 2.24) is 0 Å². The monoisotopic (exact) mass is 276 g/mol. The lowest BCUT2D eigenvalue weighted by atomic mass is 10.1. The van der Waals surface area contributed by atoms with Gasteiger partial charge in [0.15, 0.2) is 0 Å². The van der Waals surface area contributed by atoms with E-state index < -0.39 is 0 Å². The zero-order valence-electron chi connectivity index (χ0n) is 13.1. The van der Waals surface area contributed by atoms with Crippen LogP contribution in [0.25, 0.3) is 0 Å². The number of benzene rings is 1. The number of hydrogen-bond acceptors (Lipinski definition) is 2. The van der Waals surface area contributed by atoms with Crippen LogP contribution in [-0.2, 0) is 0 Å². The molecule has 0 aliphatic rings. The Morgan fingerprint density at radius 2 is 1.60 bits per heavy atom. The second kappa shape index (κ2) is 8.62. The number of aryl methyl sites for hydroxylation is 2. The van der Waals surface area contributed by atoms with Crippen LogP contribution in [-0.4, -0.2) is 12.4 Å². The maximum atomic E-state index is 7.48. The third-order valence-electron chi connectivity index (χ3n) is 3.52. The molecule has 0 aliphatic heterocycles. The van der Waals surface area contributed by atoms with Crippen LogP contribution in [0.1, 0.15) is 62.1 Å². The molecule has 3 N–H and O–H groups in total. The number of ether oxygens (including phenoxy) is 1.